The number of allylic oxidation sites excluding steroid dienone is 3. The van der Waals surface area contributed by atoms with Gasteiger partial charge in [0, 0.05) is 12.0 Å². The molecule has 0 unspecified atom stereocenters. The lowest BCUT2D eigenvalue weighted by Crippen LogP contribution is -2.17. The minimum atomic E-state index is -1.17. The van der Waals surface area contributed by atoms with Crippen molar-refractivity contribution in [3.8, 4) is 0 Å². The molecule has 0 aliphatic heterocycles. The highest BCUT2D eigenvalue weighted by molar-refractivity contribution is 6.81. The van der Waals surface area contributed by atoms with Gasteiger partial charge in [0.1, 0.15) is 0 Å². The number of carbonyl (C=O) groups is 1. The summed E-state index contributed by atoms with van der Waals surface area (Å²) in [6.07, 6.45) is 4.94. The summed E-state index contributed by atoms with van der Waals surface area (Å²) in [5.74, 6) is 0.336. The van der Waals surface area contributed by atoms with Crippen LogP contribution in [0.5, 0.6) is 0 Å². The van der Waals surface area contributed by atoms with Crippen molar-refractivity contribution in [1.82, 2.24) is 0 Å². The molecule has 0 aromatic heterocycles. The lowest BCUT2D eigenvalue weighted by molar-refractivity contribution is -0.115. The van der Waals surface area contributed by atoms with Crippen molar-refractivity contribution in [2.75, 3.05) is 0 Å². The second-order valence-electron chi connectivity index (χ2n) is 5.17. The number of ketones is 1. The molecule has 1 aliphatic carbocycles. The molecule has 0 N–H and O–H groups in total. The molecule has 78 valence electrons. The van der Waals surface area contributed by atoms with Gasteiger partial charge in [-0.1, -0.05) is 37.0 Å². The van der Waals surface area contributed by atoms with Crippen LogP contribution >= 0.6 is 0 Å². The molecule has 0 bridgehead atoms. The molecule has 0 atom stereocenters. The van der Waals surface area contributed by atoms with Crippen molar-refractivity contribution >= 4 is 13.9 Å². The van der Waals surface area contributed by atoms with Gasteiger partial charge in [0.15, 0.2) is 5.78 Å². The van der Waals surface area contributed by atoms with Gasteiger partial charge in [0.05, 0.1) is 8.07 Å². The molecule has 2 heteroatoms. The second kappa shape index (κ2) is 4.26. The van der Waals surface area contributed by atoms with Crippen LogP contribution in [-0.2, 0) is 4.79 Å². The molecule has 0 aromatic rings. The maximum atomic E-state index is 11.6. The van der Waals surface area contributed by atoms with E-state index >= 15 is 0 Å². The molecule has 0 fully saturated rings. The van der Waals surface area contributed by atoms with Crippen molar-refractivity contribution in [1.29, 1.82) is 0 Å². The van der Waals surface area contributed by atoms with Gasteiger partial charge in [-0.15, -0.1) is 0 Å². The van der Waals surface area contributed by atoms with Crippen LogP contribution in [0.3, 0.4) is 0 Å². The molecule has 0 amide bonds. The monoisotopic (exact) mass is 208 g/mol. The third kappa shape index (κ3) is 3.26. The predicted molar refractivity (Wildman–Crippen MR) is 64.0 cm³/mol. The molecule has 0 heterocycles. The van der Waals surface area contributed by atoms with Crippen LogP contribution in [0.4, 0.5) is 0 Å². The molecule has 0 aromatic carbocycles. The molecule has 0 saturated heterocycles. The normalized spacial score (nSPS) is 19.6. The standard InChI is InChI=1S/C12H20OSi/c1-10-6-5-7-12(13)11(10)8-9-14(2,3)4/h8-9H,5-7H2,1-4H3/b9-8+. The number of Topliss-reactive ketones (excluding diaryl/α,β-unsaturated/α-hetero) is 1. The number of rotatable bonds is 2. The van der Waals surface area contributed by atoms with Crippen LogP contribution in [0, 0.1) is 0 Å². The molecule has 0 radical (unpaired) electrons. The molecular formula is C12H20OSi. The Morgan fingerprint density at radius 2 is 1.86 bits per heavy atom. The average molecular weight is 208 g/mol. The van der Waals surface area contributed by atoms with Gasteiger partial charge in [0.2, 0.25) is 0 Å². The van der Waals surface area contributed by atoms with Crippen molar-refractivity contribution in [2.24, 2.45) is 0 Å². The molecule has 1 rings (SSSR count). The maximum Gasteiger partial charge on any atom is 0.162 e. The van der Waals surface area contributed by atoms with E-state index in [4.69, 9.17) is 0 Å². The molecular weight excluding hydrogens is 188 g/mol. The summed E-state index contributed by atoms with van der Waals surface area (Å²) in [5.41, 5.74) is 4.52. The average Bonchev–Trinajstić information content (AvgIpc) is 2.01. The second-order valence-corrected chi connectivity index (χ2v) is 10.2. The lowest BCUT2D eigenvalue weighted by atomic mass is 9.92. The highest BCUT2D eigenvalue weighted by Crippen LogP contribution is 2.22. The van der Waals surface area contributed by atoms with Gasteiger partial charge < -0.3 is 0 Å². The van der Waals surface area contributed by atoms with E-state index in [1.165, 1.54) is 5.57 Å². The molecule has 0 saturated carbocycles. The van der Waals surface area contributed by atoms with Gasteiger partial charge in [-0.3, -0.25) is 4.79 Å². The Hall–Kier alpha value is -0.633. The van der Waals surface area contributed by atoms with E-state index in [-0.39, 0.29) is 0 Å². The Morgan fingerprint density at radius 1 is 1.21 bits per heavy atom. The molecule has 1 nitrogen and oxygen atoms in total. The van der Waals surface area contributed by atoms with E-state index in [9.17, 15) is 4.79 Å². The van der Waals surface area contributed by atoms with Gasteiger partial charge in [-0.2, -0.15) is 0 Å². The van der Waals surface area contributed by atoms with Gasteiger partial charge in [0.25, 0.3) is 0 Å². The van der Waals surface area contributed by atoms with Crippen molar-refractivity contribution in [3.63, 3.8) is 0 Å². The maximum absolute atomic E-state index is 11.6. The van der Waals surface area contributed by atoms with Crippen LogP contribution in [0.1, 0.15) is 26.2 Å². The summed E-state index contributed by atoms with van der Waals surface area (Å²) < 4.78 is 0. The Bertz CT molecular complexity index is 292. The molecule has 14 heavy (non-hydrogen) atoms. The topological polar surface area (TPSA) is 17.1 Å². The SMILES string of the molecule is CC1=C(/C=C/[Si](C)(C)C)C(=O)CCC1. The quantitative estimate of drug-likeness (QED) is 0.635. The fourth-order valence-corrected chi connectivity index (χ4v) is 2.26. The van der Waals surface area contributed by atoms with Crippen LogP contribution in [0.25, 0.3) is 0 Å². The predicted octanol–water partition coefficient (Wildman–Crippen LogP) is 3.49. The van der Waals surface area contributed by atoms with Crippen LogP contribution in [-0.4, -0.2) is 13.9 Å². The largest absolute Gasteiger partial charge is 0.294 e. The number of hydrogen-bond donors (Lipinski definition) is 0. The van der Waals surface area contributed by atoms with Crippen LogP contribution < -0.4 is 0 Å². The first-order chi connectivity index (χ1) is 6.40. The van der Waals surface area contributed by atoms with Crippen molar-refractivity contribution < 1.29 is 4.79 Å². The van der Waals surface area contributed by atoms with Crippen LogP contribution in [0.2, 0.25) is 19.6 Å². The summed E-state index contributed by atoms with van der Waals surface area (Å²) in [6, 6.07) is 0. The Kier molecular flexibility index (Phi) is 3.48. The summed E-state index contributed by atoms with van der Waals surface area (Å²) in [5, 5.41) is 0. The fraction of sp³-hybridized carbons (Fsp3) is 0.583. The van der Waals surface area contributed by atoms with Crippen LogP contribution in [0.15, 0.2) is 22.9 Å². The van der Waals surface area contributed by atoms with Crippen molar-refractivity contribution in [3.05, 3.63) is 22.9 Å². The zero-order valence-corrected chi connectivity index (χ0v) is 10.7. The first kappa shape index (κ1) is 11.4. The van der Waals surface area contributed by atoms with E-state index in [0.717, 1.165) is 24.8 Å². The van der Waals surface area contributed by atoms with Gasteiger partial charge in [-0.25, -0.2) is 0 Å². The van der Waals surface area contributed by atoms with E-state index in [1.807, 2.05) is 0 Å². The highest BCUT2D eigenvalue weighted by Gasteiger charge is 2.16. The zero-order chi connectivity index (χ0) is 10.8. The Balaban J connectivity index is 2.86. The number of carbonyl (C=O) groups excluding carboxylic acids is 1. The number of hydrogen-bond acceptors (Lipinski definition) is 1. The summed E-state index contributed by atoms with van der Waals surface area (Å²) >= 11 is 0. The molecule has 1 aliphatic rings. The summed E-state index contributed by atoms with van der Waals surface area (Å²) in [4.78, 5) is 11.6. The Morgan fingerprint density at radius 3 is 2.36 bits per heavy atom. The fourth-order valence-electron chi connectivity index (χ4n) is 1.59. The van der Waals surface area contributed by atoms with E-state index in [0.29, 0.717) is 5.78 Å². The highest BCUT2D eigenvalue weighted by atomic mass is 28.3. The van der Waals surface area contributed by atoms with E-state index < -0.39 is 8.07 Å². The third-order valence-electron chi connectivity index (χ3n) is 2.47. The summed E-state index contributed by atoms with van der Waals surface area (Å²) in [6.45, 7) is 8.94. The first-order valence-corrected chi connectivity index (χ1v) is 8.90. The minimum absolute atomic E-state index is 0.336. The zero-order valence-electron chi connectivity index (χ0n) is 9.68. The smallest absolute Gasteiger partial charge is 0.162 e. The Labute approximate surface area is 87.9 Å². The molecule has 0 spiro atoms. The van der Waals surface area contributed by atoms with Gasteiger partial charge >= 0.3 is 0 Å². The van der Waals surface area contributed by atoms with Gasteiger partial charge in [-0.05, 0) is 19.8 Å². The van der Waals surface area contributed by atoms with E-state index in [1.54, 1.807) is 0 Å². The third-order valence-corrected chi connectivity index (χ3v) is 3.63. The van der Waals surface area contributed by atoms with Crippen molar-refractivity contribution in [2.45, 2.75) is 45.8 Å². The minimum Gasteiger partial charge on any atom is -0.294 e. The van der Waals surface area contributed by atoms with E-state index in [2.05, 4.69) is 38.3 Å². The first-order valence-electron chi connectivity index (χ1n) is 5.32. The summed E-state index contributed by atoms with van der Waals surface area (Å²) in [7, 11) is -1.17. The lowest BCUT2D eigenvalue weighted by Gasteiger charge is -2.15.